The van der Waals surface area contributed by atoms with Gasteiger partial charge in [0.25, 0.3) is 5.91 Å². The van der Waals surface area contributed by atoms with Gasteiger partial charge in [0, 0.05) is 6.54 Å². The number of aliphatic hydroxyl groups is 1. The highest BCUT2D eigenvalue weighted by Gasteiger charge is 2.16. The fourth-order valence-corrected chi connectivity index (χ4v) is 2.47. The maximum absolute atomic E-state index is 12.3. The predicted molar refractivity (Wildman–Crippen MR) is 91.0 cm³/mol. The molecule has 1 aromatic heterocycles. The Morgan fingerprint density at radius 2 is 2.09 bits per heavy atom. The van der Waals surface area contributed by atoms with Crippen molar-refractivity contribution in [3.05, 3.63) is 46.8 Å². The number of rotatable bonds is 6. The van der Waals surface area contributed by atoms with Gasteiger partial charge in [0.2, 0.25) is 0 Å². The number of amides is 1. The van der Waals surface area contributed by atoms with Crippen LogP contribution in [-0.2, 0) is 0 Å². The van der Waals surface area contributed by atoms with E-state index in [1.165, 1.54) is 0 Å². The minimum Gasteiger partial charge on any atom is -0.393 e. The zero-order chi connectivity index (χ0) is 17.0. The molecule has 2 aromatic rings. The van der Waals surface area contributed by atoms with E-state index in [0.717, 1.165) is 22.5 Å². The SMILES string of the molecule is CCC(O)CCNC(=O)c1cnn(-c2cc(C)ccc2C)c1C. The van der Waals surface area contributed by atoms with Crippen LogP contribution in [0, 0.1) is 20.8 Å². The number of nitrogens with one attached hydrogen (secondary N) is 1. The Morgan fingerprint density at radius 1 is 1.35 bits per heavy atom. The molecule has 5 heteroatoms. The minimum absolute atomic E-state index is 0.151. The average molecular weight is 315 g/mol. The molecule has 0 saturated carbocycles. The van der Waals surface area contributed by atoms with E-state index < -0.39 is 0 Å². The number of hydrogen-bond acceptors (Lipinski definition) is 3. The van der Waals surface area contributed by atoms with Crippen LogP contribution in [0.3, 0.4) is 0 Å². The Labute approximate surface area is 137 Å². The fraction of sp³-hybridized carbons (Fsp3) is 0.444. The molecule has 2 N–H and O–H groups in total. The highest BCUT2D eigenvalue weighted by Crippen LogP contribution is 2.19. The quantitative estimate of drug-likeness (QED) is 0.861. The molecule has 1 aromatic carbocycles. The van der Waals surface area contributed by atoms with Gasteiger partial charge >= 0.3 is 0 Å². The molecular weight excluding hydrogens is 290 g/mol. The van der Waals surface area contributed by atoms with Gasteiger partial charge in [-0.3, -0.25) is 4.79 Å². The van der Waals surface area contributed by atoms with E-state index >= 15 is 0 Å². The number of aliphatic hydroxyl groups excluding tert-OH is 1. The first-order valence-electron chi connectivity index (χ1n) is 8.02. The molecule has 5 nitrogen and oxygen atoms in total. The summed E-state index contributed by atoms with van der Waals surface area (Å²) < 4.78 is 1.80. The lowest BCUT2D eigenvalue weighted by atomic mass is 10.1. The number of benzene rings is 1. The molecule has 124 valence electrons. The molecule has 0 aliphatic rings. The summed E-state index contributed by atoms with van der Waals surface area (Å²) >= 11 is 0. The summed E-state index contributed by atoms with van der Waals surface area (Å²) in [5.41, 5.74) is 4.63. The van der Waals surface area contributed by atoms with Crippen LogP contribution >= 0.6 is 0 Å². The molecule has 1 unspecified atom stereocenters. The molecule has 2 rings (SSSR count). The third-order valence-corrected chi connectivity index (χ3v) is 4.08. The summed E-state index contributed by atoms with van der Waals surface area (Å²) in [4.78, 5) is 12.3. The molecule has 0 spiro atoms. The molecule has 0 aliphatic heterocycles. The van der Waals surface area contributed by atoms with Gasteiger partial charge in [-0.25, -0.2) is 4.68 Å². The molecule has 1 atom stereocenters. The van der Waals surface area contributed by atoms with Gasteiger partial charge in [-0.05, 0) is 50.8 Å². The molecule has 0 fully saturated rings. The van der Waals surface area contributed by atoms with Crippen LogP contribution in [0.2, 0.25) is 0 Å². The van der Waals surface area contributed by atoms with E-state index in [1.807, 2.05) is 27.7 Å². The van der Waals surface area contributed by atoms with Crippen molar-refractivity contribution in [2.75, 3.05) is 6.54 Å². The lowest BCUT2D eigenvalue weighted by molar-refractivity contribution is 0.0941. The van der Waals surface area contributed by atoms with E-state index in [1.54, 1.807) is 10.9 Å². The van der Waals surface area contributed by atoms with Crippen molar-refractivity contribution in [3.63, 3.8) is 0 Å². The average Bonchev–Trinajstić information content (AvgIpc) is 2.91. The van der Waals surface area contributed by atoms with Crippen LogP contribution in [0.25, 0.3) is 5.69 Å². The zero-order valence-electron chi connectivity index (χ0n) is 14.3. The van der Waals surface area contributed by atoms with Crippen molar-refractivity contribution in [1.82, 2.24) is 15.1 Å². The van der Waals surface area contributed by atoms with Crippen LogP contribution in [0.15, 0.2) is 24.4 Å². The van der Waals surface area contributed by atoms with Gasteiger partial charge in [0.1, 0.15) is 0 Å². The highest BCUT2D eigenvalue weighted by molar-refractivity contribution is 5.95. The molecule has 23 heavy (non-hydrogen) atoms. The highest BCUT2D eigenvalue weighted by atomic mass is 16.3. The van der Waals surface area contributed by atoms with Crippen molar-refractivity contribution in [2.24, 2.45) is 0 Å². The van der Waals surface area contributed by atoms with Gasteiger partial charge in [-0.15, -0.1) is 0 Å². The molecule has 0 aliphatic carbocycles. The first kappa shape index (κ1) is 17.2. The predicted octanol–water partition coefficient (Wildman–Crippen LogP) is 2.69. The lowest BCUT2D eigenvalue weighted by Crippen LogP contribution is -2.27. The van der Waals surface area contributed by atoms with Crippen molar-refractivity contribution in [1.29, 1.82) is 0 Å². The standard InChI is InChI=1S/C18H25N3O2/c1-5-15(22)8-9-19-18(23)16-11-20-21(14(16)4)17-10-12(2)6-7-13(17)3/h6-7,10-11,15,22H,5,8-9H2,1-4H3,(H,19,23). The molecule has 0 bridgehead atoms. The largest absolute Gasteiger partial charge is 0.393 e. The van der Waals surface area contributed by atoms with Gasteiger partial charge in [0.15, 0.2) is 0 Å². The third kappa shape index (κ3) is 3.99. The first-order valence-corrected chi connectivity index (χ1v) is 8.02. The van der Waals surface area contributed by atoms with Gasteiger partial charge in [0.05, 0.1) is 29.2 Å². The van der Waals surface area contributed by atoms with Crippen LogP contribution in [0.4, 0.5) is 0 Å². The second kappa shape index (κ2) is 7.42. The van der Waals surface area contributed by atoms with Crippen LogP contribution in [0.5, 0.6) is 0 Å². The van der Waals surface area contributed by atoms with Gasteiger partial charge in [-0.1, -0.05) is 19.1 Å². The van der Waals surface area contributed by atoms with Gasteiger partial charge < -0.3 is 10.4 Å². The molecule has 1 amide bonds. The maximum Gasteiger partial charge on any atom is 0.254 e. The summed E-state index contributed by atoms with van der Waals surface area (Å²) in [7, 11) is 0. The van der Waals surface area contributed by atoms with E-state index in [2.05, 4.69) is 28.6 Å². The monoisotopic (exact) mass is 315 g/mol. The van der Waals surface area contributed by atoms with Crippen LogP contribution in [0.1, 0.15) is 46.9 Å². The summed E-state index contributed by atoms with van der Waals surface area (Å²) in [5, 5.41) is 16.8. The Kier molecular flexibility index (Phi) is 5.55. The summed E-state index contributed by atoms with van der Waals surface area (Å²) in [6, 6.07) is 6.18. The zero-order valence-corrected chi connectivity index (χ0v) is 14.3. The second-order valence-corrected chi connectivity index (χ2v) is 5.95. The third-order valence-electron chi connectivity index (χ3n) is 4.08. The van der Waals surface area contributed by atoms with Crippen molar-refractivity contribution in [2.45, 2.75) is 46.6 Å². The topological polar surface area (TPSA) is 67.2 Å². The van der Waals surface area contributed by atoms with E-state index in [4.69, 9.17) is 0 Å². The summed E-state index contributed by atoms with van der Waals surface area (Å²) in [6.07, 6.45) is 2.49. The van der Waals surface area contributed by atoms with Gasteiger partial charge in [-0.2, -0.15) is 5.10 Å². The smallest absolute Gasteiger partial charge is 0.254 e. The van der Waals surface area contributed by atoms with Crippen molar-refractivity contribution in [3.8, 4) is 5.69 Å². The number of carbonyl (C=O) groups is 1. The second-order valence-electron chi connectivity index (χ2n) is 5.95. The van der Waals surface area contributed by atoms with E-state index in [9.17, 15) is 9.90 Å². The number of aryl methyl sites for hydroxylation is 2. The van der Waals surface area contributed by atoms with E-state index in [-0.39, 0.29) is 12.0 Å². The number of carbonyl (C=O) groups excluding carboxylic acids is 1. The fourth-order valence-electron chi connectivity index (χ4n) is 2.47. The Bertz CT molecular complexity index is 692. The van der Waals surface area contributed by atoms with E-state index in [0.29, 0.717) is 24.9 Å². The normalized spacial score (nSPS) is 12.2. The first-order chi connectivity index (χ1) is 10.9. The maximum atomic E-state index is 12.3. The van der Waals surface area contributed by atoms with Crippen molar-refractivity contribution < 1.29 is 9.90 Å². The Balaban J connectivity index is 2.16. The molecule has 0 radical (unpaired) electrons. The Morgan fingerprint density at radius 3 is 2.78 bits per heavy atom. The molecule has 0 saturated heterocycles. The molecular formula is C18H25N3O2. The number of nitrogens with zero attached hydrogens (tertiary/aromatic N) is 2. The Hall–Kier alpha value is -2.14. The van der Waals surface area contributed by atoms with Crippen LogP contribution < -0.4 is 5.32 Å². The summed E-state index contributed by atoms with van der Waals surface area (Å²) in [6.45, 7) is 8.34. The van der Waals surface area contributed by atoms with Crippen LogP contribution in [-0.4, -0.2) is 33.4 Å². The number of aromatic nitrogens is 2. The van der Waals surface area contributed by atoms with Crippen molar-refractivity contribution >= 4 is 5.91 Å². The molecule has 1 heterocycles. The summed E-state index contributed by atoms with van der Waals surface area (Å²) in [5.74, 6) is -0.151. The lowest BCUT2D eigenvalue weighted by Gasteiger charge is -2.11. The number of hydrogen-bond donors (Lipinski definition) is 2. The minimum atomic E-state index is -0.367.